The molecule has 0 saturated heterocycles. The third kappa shape index (κ3) is 4.31. The number of carbonyl (C=O) groups excluding carboxylic acids is 1. The van der Waals surface area contributed by atoms with Crippen molar-refractivity contribution in [3.63, 3.8) is 0 Å². The minimum atomic E-state index is -1.01. The number of aliphatic carboxylic acids is 1. The highest BCUT2D eigenvalue weighted by Gasteiger charge is 2.13. The molecule has 1 heterocycles. The van der Waals surface area contributed by atoms with Crippen molar-refractivity contribution < 1.29 is 19.4 Å². The van der Waals surface area contributed by atoms with Gasteiger partial charge in [0.05, 0.1) is 11.5 Å². The first-order valence-electron chi connectivity index (χ1n) is 5.30. The number of amides is 1. The molecule has 0 aliphatic heterocycles. The van der Waals surface area contributed by atoms with Crippen LogP contribution in [0.4, 0.5) is 0 Å². The lowest BCUT2D eigenvalue weighted by molar-refractivity contribution is -0.131. The van der Waals surface area contributed by atoms with E-state index in [9.17, 15) is 9.59 Å². The SMILES string of the molecule is COCCN(C)C(=O)c1ccc(/C=C/C(=O)O)s1. The zero-order valence-corrected chi connectivity index (χ0v) is 11.1. The van der Waals surface area contributed by atoms with Crippen molar-refractivity contribution in [2.45, 2.75) is 0 Å². The molecule has 18 heavy (non-hydrogen) atoms. The zero-order chi connectivity index (χ0) is 13.5. The Bertz CT molecular complexity index is 453. The lowest BCUT2D eigenvalue weighted by Crippen LogP contribution is -2.29. The van der Waals surface area contributed by atoms with Crippen LogP contribution in [0.3, 0.4) is 0 Å². The van der Waals surface area contributed by atoms with Gasteiger partial charge in [-0.2, -0.15) is 0 Å². The molecule has 0 saturated carbocycles. The van der Waals surface area contributed by atoms with Gasteiger partial charge in [0.1, 0.15) is 0 Å². The third-order valence-corrected chi connectivity index (χ3v) is 3.24. The molecule has 0 aliphatic rings. The van der Waals surface area contributed by atoms with Crippen molar-refractivity contribution in [1.82, 2.24) is 4.90 Å². The first-order chi connectivity index (χ1) is 8.54. The molecule has 0 bridgehead atoms. The number of rotatable bonds is 6. The molecule has 0 spiro atoms. The topological polar surface area (TPSA) is 66.8 Å². The van der Waals surface area contributed by atoms with Crippen LogP contribution in [0.2, 0.25) is 0 Å². The van der Waals surface area contributed by atoms with Crippen molar-refractivity contribution in [3.05, 3.63) is 28.0 Å². The molecule has 0 unspecified atom stereocenters. The third-order valence-electron chi connectivity index (χ3n) is 2.21. The van der Waals surface area contributed by atoms with Crippen molar-refractivity contribution in [2.24, 2.45) is 0 Å². The number of methoxy groups -OCH3 is 1. The normalized spacial score (nSPS) is 10.8. The van der Waals surface area contributed by atoms with Gasteiger partial charge in [-0.05, 0) is 18.2 Å². The van der Waals surface area contributed by atoms with E-state index in [-0.39, 0.29) is 5.91 Å². The molecule has 1 aromatic rings. The Balaban J connectivity index is 2.67. The molecular formula is C12H15NO4S. The van der Waals surface area contributed by atoms with Gasteiger partial charge in [-0.3, -0.25) is 4.79 Å². The van der Waals surface area contributed by atoms with Crippen molar-refractivity contribution in [1.29, 1.82) is 0 Å². The van der Waals surface area contributed by atoms with Gasteiger partial charge in [0, 0.05) is 31.7 Å². The maximum atomic E-state index is 11.9. The Morgan fingerprint density at radius 1 is 1.50 bits per heavy atom. The molecule has 1 aromatic heterocycles. The minimum Gasteiger partial charge on any atom is -0.478 e. The summed E-state index contributed by atoms with van der Waals surface area (Å²) in [5.74, 6) is -1.10. The first-order valence-corrected chi connectivity index (χ1v) is 6.11. The summed E-state index contributed by atoms with van der Waals surface area (Å²) in [6.07, 6.45) is 2.52. The van der Waals surface area contributed by atoms with E-state index in [1.54, 1.807) is 31.2 Å². The highest BCUT2D eigenvalue weighted by atomic mass is 32.1. The number of thiophene rings is 1. The van der Waals surface area contributed by atoms with E-state index in [0.29, 0.717) is 18.0 Å². The van der Waals surface area contributed by atoms with Gasteiger partial charge in [0.2, 0.25) is 0 Å². The second kappa shape index (κ2) is 6.93. The Morgan fingerprint density at radius 3 is 2.83 bits per heavy atom. The largest absolute Gasteiger partial charge is 0.478 e. The molecular weight excluding hydrogens is 254 g/mol. The van der Waals surface area contributed by atoms with Gasteiger partial charge in [-0.15, -0.1) is 11.3 Å². The van der Waals surface area contributed by atoms with Gasteiger partial charge in [0.25, 0.3) is 5.91 Å². The first kappa shape index (κ1) is 14.4. The van der Waals surface area contributed by atoms with Gasteiger partial charge in [-0.25, -0.2) is 4.79 Å². The van der Waals surface area contributed by atoms with Crippen molar-refractivity contribution in [2.75, 3.05) is 27.3 Å². The monoisotopic (exact) mass is 269 g/mol. The maximum absolute atomic E-state index is 11.9. The highest BCUT2D eigenvalue weighted by molar-refractivity contribution is 7.14. The molecule has 1 amide bonds. The number of hydrogen-bond acceptors (Lipinski definition) is 4. The van der Waals surface area contributed by atoms with Crippen LogP contribution in [0.1, 0.15) is 14.5 Å². The number of hydrogen-bond donors (Lipinski definition) is 1. The Kier molecular flexibility index (Phi) is 5.54. The average molecular weight is 269 g/mol. The summed E-state index contributed by atoms with van der Waals surface area (Å²) in [4.78, 5) is 25.2. The van der Waals surface area contributed by atoms with Crippen LogP contribution in [0.5, 0.6) is 0 Å². The van der Waals surface area contributed by atoms with Crippen molar-refractivity contribution in [3.8, 4) is 0 Å². The van der Waals surface area contributed by atoms with Crippen LogP contribution in [0.15, 0.2) is 18.2 Å². The predicted molar refractivity (Wildman–Crippen MR) is 69.8 cm³/mol. The fourth-order valence-electron chi connectivity index (χ4n) is 1.23. The molecule has 6 heteroatoms. The average Bonchev–Trinajstić information content (AvgIpc) is 2.81. The van der Waals surface area contributed by atoms with E-state index in [2.05, 4.69) is 0 Å². The second-order valence-corrected chi connectivity index (χ2v) is 4.71. The maximum Gasteiger partial charge on any atom is 0.328 e. The quantitative estimate of drug-likeness (QED) is 0.796. The van der Waals surface area contributed by atoms with E-state index < -0.39 is 5.97 Å². The number of nitrogens with zero attached hydrogens (tertiary/aromatic N) is 1. The van der Waals surface area contributed by atoms with E-state index in [0.717, 1.165) is 11.0 Å². The van der Waals surface area contributed by atoms with Crippen molar-refractivity contribution >= 4 is 29.3 Å². The molecule has 0 aliphatic carbocycles. The summed E-state index contributed by atoms with van der Waals surface area (Å²) in [5, 5.41) is 8.50. The Morgan fingerprint density at radius 2 is 2.22 bits per heavy atom. The van der Waals surface area contributed by atoms with Gasteiger partial charge >= 0.3 is 5.97 Å². The summed E-state index contributed by atoms with van der Waals surface area (Å²) in [7, 11) is 3.28. The number of likely N-dealkylation sites (N-methyl/N-ethyl adjacent to an activating group) is 1. The summed E-state index contributed by atoms with van der Waals surface area (Å²) in [6, 6.07) is 3.42. The molecule has 0 fully saturated rings. The molecule has 98 valence electrons. The minimum absolute atomic E-state index is 0.0907. The lowest BCUT2D eigenvalue weighted by atomic mass is 10.3. The van der Waals surface area contributed by atoms with Crippen LogP contribution in [0.25, 0.3) is 6.08 Å². The molecule has 0 radical (unpaired) electrons. The summed E-state index contributed by atoms with van der Waals surface area (Å²) < 4.78 is 4.90. The van der Waals surface area contributed by atoms with E-state index in [4.69, 9.17) is 9.84 Å². The van der Waals surface area contributed by atoms with Crippen LogP contribution < -0.4 is 0 Å². The Hall–Kier alpha value is -1.66. The predicted octanol–water partition coefficient (Wildman–Crippen LogP) is 1.56. The number of carboxylic acids is 1. The molecule has 1 rings (SSSR count). The number of ether oxygens (including phenoxy) is 1. The highest BCUT2D eigenvalue weighted by Crippen LogP contribution is 2.19. The zero-order valence-electron chi connectivity index (χ0n) is 10.3. The summed E-state index contributed by atoms with van der Waals surface area (Å²) in [6.45, 7) is 1.01. The molecule has 0 atom stereocenters. The molecule has 5 nitrogen and oxygen atoms in total. The smallest absolute Gasteiger partial charge is 0.328 e. The van der Waals surface area contributed by atoms with E-state index >= 15 is 0 Å². The van der Waals surface area contributed by atoms with Crippen LogP contribution in [0, 0.1) is 0 Å². The van der Waals surface area contributed by atoms with E-state index in [1.807, 2.05) is 0 Å². The molecule has 0 aromatic carbocycles. The molecule has 1 N–H and O–H groups in total. The fourth-order valence-corrected chi connectivity index (χ4v) is 2.13. The second-order valence-electron chi connectivity index (χ2n) is 3.59. The Labute approximate surface area is 109 Å². The fraction of sp³-hybridized carbons (Fsp3) is 0.333. The summed E-state index contributed by atoms with van der Waals surface area (Å²) >= 11 is 1.26. The van der Waals surface area contributed by atoms with Crippen LogP contribution >= 0.6 is 11.3 Å². The van der Waals surface area contributed by atoms with Crippen LogP contribution in [-0.4, -0.2) is 49.2 Å². The summed E-state index contributed by atoms with van der Waals surface area (Å²) in [5.41, 5.74) is 0. The van der Waals surface area contributed by atoms with Gasteiger partial charge < -0.3 is 14.7 Å². The van der Waals surface area contributed by atoms with Gasteiger partial charge in [-0.1, -0.05) is 0 Å². The van der Waals surface area contributed by atoms with E-state index in [1.165, 1.54) is 17.4 Å². The van der Waals surface area contributed by atoms with Crippen LogP contribution in [-0.2, 0) is 9.53 Å². The standard InChI is InChI=1S/C12H15NO4S/c1-13(7-8-17-2)12(16)10-5-3-9(18-10)4-6-11(14)15/h3-6H,7-8H2,1-2H3,(H,14,15)/b6-4+. The number of carbonyl (C=O) groups is 2. The lowest BCUT2D eigenvalue weighted by Gasteiger charge is -2.15. The van der Waals surface area contributed by atoms with Gasteiger partial charge in [0.15, 0.2) is 0 Å². The number of carboxylic acid groups (broad SMARTS) is 1.